The molecule has 0 fully saturated rings. The Bertz CT molecular complexity index is 558. The Kier molecular flexibility index (Phi) is 6.38. The van der Waals surface area contributed by atoms with Crippen LogP contribution in [-0.4, -0.2) is 29.1 Å². The second-order valence-corrected chi connectivity index (χ2v) is 6.20. The molecule has 2 atom stereocenters. The molecule has 0 aliphatic carbocycles. The maximum atomic E-state index is 11.9. The molecule has 0 unspecified atom stereocenters. The SMILES string of the molecule is CC[C@@H](C)[C@@](C)(O)CNC(=O)C(=O)Nc1cc(Cl)ccc1C. The number of carbonyl (C=O) groups is 2. The highest BCUT2D eigenvalue weighted by Gasteiger charge is 2.28. The topological polar surface area (TPSA) is 78.4 Å². The average molecular weight is 327 g/mol. The second-order valence-electron chi connectivity index (χ2n) is 5.76. The van der Waals surface area contributed by atoms with E-state index in [1.54, 1.807) is 32.0 Å². The van der Waals surface area contributed by atoms with Crippen molar-refractivity contribution in [1.29, 1.82) is 0 Å². The van der Waals surface area contributed by atoms with E-state index in [9.17, 15) is 14.7 Å². The molecule has 3 N–H and O–H groups in total. The van der Waals surface area contributed by atoms with Gasteiger partial charge in [0.1, 0.15) is 0 Å². The lowest BCUT2D eigenvalue weighted by molar-refractivity contribution is -0.137. The molecule has 0 aliphatic heterocycles. The van der Waals surface area contributed by atoms with E-state index in [-0.39, 0.29) is 12.5 Å². The Labute approximate surface area is 136 Å². The zero-order valence-electron chi connectivity index (χ0n) is 13.4. The van der Waals surface area contributed by atoms with Gasteiger partial charge in [-0.15, -0.1) is 0 Å². The van der Waals surface area contributed by atoms with E-state index in [1.807, 2.05) is 13.8 Å². The molecule has 0 bridgehead atoms. The van der Waals surface area contributed by atoms with Gasteiger partial charge >= 0.3 is 11.8 Å². The molecule has 0 radical (unpaired) electrons. The molecular weight excluding hydrogens is 304 g/mol. The molecule has 0 heterocycles. The van der Waals surface area contributed by atoms with Crippen molar-refractivity contribution in [3.05, 3.63) is 28.8 Å². The van der Waals surface area contributed by atoms with Gasteiger partial charge in [-0.05, 0) is 37.5 Å². The predicted molar refractivity (Wildman–Crippen MR) is 87.9 cm³/mol. The highest BCUT2D eigenvalue weighted by Crippen LogP contribution is 2.20. The van der Waals surface area contributed by atoms with Gasteiger partial charge in [0.25, 0.3) is 0 Å². The molecule has 1 rings (SSSR count). The number of nitrogens with one attached hydrogen (secondary N) is 2. The average Bonchev–Trinajstić information content (AvgIpc) is 2.47. The van der Waals surface area contributed by atoms with Gasteiger partial charge in [-0.3, -0.25) is 9.59 Å². The molecule has 0 saturated carbocycles. The maximum absolute atomic E-state index is 11.9. The lowest BCUT2D eigenvalue weighted by Crippen LogP contribution is -2.47. The number of anilines is 1. The highest BCUT2D eigenvalue weighted by molar-refractivity contribution is 6.40. The lowest BCUT2D eigenvalue weighted by atomic mass is 9.89. The van der Waals surface area contributed by atoms with Gasteiger partial charge in [-0.1, -0.05) is 37.9 Å². The summed E-state index contributed by atoms with van der Waals surface area (Å²) in [7, 11) is 0. The molecule has 6 heteroatoms. The van der Waals surface area contributed by atoms with E-state index in [2.05, 4.69) is 10.6 Å². The van der Waals surface area contributed by atoms with Gasteiger partial charge in [0.05, 0.1) is 5.60 Å². The van der Waals surface area contributed by atoms with Crippen LogP contribution in [0.15, 0.2) is 18.2 Å². The molecule has 1 aromatic rings. The summed E-state index contributed by atoms with van der Waals surface area (Å²) in [5.74, 6) is -1.57. The fourth-order valence-corrected chi connectivity index (χ4v) is 2.03. The second kappa shape index (κ2) is 7.61. The van der Waals surface area contributed by atoms with Crippen LogP contribution in [-0.2, 0) is 9.59 Å². The summed E-state index contributed by atoms with van der Waals surface area (Å²) in [5, 5.41) is 15.7. The molecule has 1 aromatic carbocycles. The molecule has 2 amide bonds. The molecule has 22 heavy (non-hydrogen) atoms. The van der Waals surface area contributed by atoms with Gasteiger partial charge in [-0.25, -0.2) is 0 Å². The van der Waals surface area contributed by atoms with Gasteiger partial charge in [0.2, 0.25) is 0 Å². The fraction of sp³-hybridized carbons (Fsp3) is 0.500. The minimum absolute atomic E-state index is 0.00559. The van der Waals surface area contributed by atoms with Crippen LogP contribution in [0.3, 0.4) is 0 Å². The van der Waals surface area contributed by atoms with Gasteiger partial charge in [0, 0.05) is 17.3 Å². The predicted octanol–water partition coefficient (Wildman–Crippen LogP) is 2.50. The van der Waals surface area contributed by atoms with E-state index in [1.165, 1.54) is 0 Å². The first-order valence-electron chi connectivity index (χ1n) is 7.25. The first-order chi connectivity index (χ1) is 10.2. The molecule has 0 saturated heterocycles. The number of hydrogen-bond acceptors (Lipinski definition) is 3. The van der Waals surface area contributed by atoms with E-state index in [4.69, 9.17) is 11.6 Å². The van der Waals surface area contributed by atoms with Crippen molar-refractivity contribution in [2.24, 2.45) is 5.92 Å². The Morgan fingerprint density at radius 2 is 2.00 bits per heavy atom. The van der Waals surface area contributed by atoms with Gasteiger partial charge < -0.3 is 15.7 Å². The first kappa shape index (κ1) is 18.5. The highest BCUT2D eigenvalue weighted by atomic mass is 35.5. The monoisotopic (exact) mass is 326 g/mol. The van der Waals surface area contributed by atoms with Crippen LogP contribution in [0, 0.1) is 12.8 Å². The van der Waals surface area contributed by atoms with Crippen molar-refractivity contribution in [2.45, 2.75) is 39.7 Å². The normalized spacial score (nSPS) is 14.8. The third kappa shape index (κ3) is 5.00. The van der Waals surface area contributed by atoms with Crippen molar-refractivity contribution in [3.8, 4) is 0 Å². The zero-order chi connectivity index (χ0) is 16.9. The molecular formula is C16H23ClN2O3. The molecule has 5 nitrogen and oxygen atoms in total. The number of rotatable bonds is 5. The summed E-state index contributed by atoms with van der Waals surface area (Å²) >= 11 is 5.87. The van der Waals surface area contributed by atoms with Crippen LogP contribution in [0.2, 0.25) is 5.02 Å². The van der Waals surface area contributed by atoms with Crippen molar-refractivity contribution in [1.82, 2.24) is 5.32 Å². The summed E-state index contributed by atoms with van der Waals surface area (Å²) in [4.78, 5) is 23.7. The Balaban J connectivity index is 2.63. The molecule has 0 spiro atoms. The van der Waals surface area contributed by atoms with Crippen LogP contribution >= 0.6 is 11.6 Å². The van der Waals surface area contributed by atoms with Gasteiger partial charge in [0.15, 0.2) is 0 Å². The summed E-state index contributed by atoms with van der Waals surface area (Å²) in [6.45, 7) is 7.30. The summed E-state index contributed by atoms with van der Waals surface area (Å²) in [6, 6.07) is 5.04. The third-order valence-corrected chi connectivity index (χ3v) is 4.17. The Morgan fingerprint density at radius 1 is 1.36 bits per heavy atom. The molecule has 0 aromatic heterocycles. The van der Waals surface area contributed by atoms with E-state index >= 15 is 0 Å². The largest absolute Gasteiger partial charge is 0.388 e. The van der Waals surface area contributed by atoms with E-state index in [0.29, 0.717) is 10.7 Å². The maximum Gasteiger partial charge on any atom is 0.313 e. The standard InChI is InChI=1S/C16H23ClN2O3/c1-5-11(3)16(4,22)9-18-14(20)15(21)19-13-8-12(17)7-6-10(13)2/h6-8,11,22H,5,9H2,1-4H3,(H,18,20)(H,19,21)/t11-,16+/m1/s1. The minimum Gasteiger partial charge on any atom is -0.388 e. The van der Waals surface area contributed by atoms with Crippen LogP contribution in [0.4, 0.5) is 5.69 Å². The summed E-state index contributed by atoms with van der Waals surface area (Å²) in [6.07, 6.45) is 0.775. The van der Waals surface area contributed by atoms with Crippen molar-refractivity contribution in [2.75, 3.05) is 11.9 Å². The number of aliphatic hydroxyl groups is 1. The summed E-state index contributed by atoms with van der Waals surface area (Å²) in [5.41, 5.74) is 0.231. The first-order valence-corrected chi connectivity index (χ1v) is 7.63. The Hall–Kier alpha value is -1.59. The van der Waals surface area contributed by atoms with E-state index < -0.39 is 17.4 Å². The minimum atomic E-state index is -1.06. The number of benzene rings is 1. The summed E-state index contributed by atoms with van der Waals surface area (Å²) < 4.78 is 0. The number of carbonyl (C=O) groups excluding carboxylic acids is 2. The van der Waals surface area contributed by atoms with Crippen molar-refractivity contribution in [3.63, 3.8) is 0 Å². The van der Waals surface area contributed by atoms with Gasteiger partial charge in [-0.2, -0.15) is 0 Å². The number of aryl methyl sites for hydroxylation is 1. The quantitative estimate of drug-likeness (QED) is 0.727. The fourth-order valence-electron chi connectivity index (χ4n) is 1.86. The Morgan fingerprint density at radius 3 is 2.59 bits per heavy atom. The number of hydrogen-bond donors (Lipinski definition) is 3. The van der Waals surface area contributed by atoms with E-state index in [0.717, 1.165) is 12.0 Å². The molecule has 0 aliphatic rings. The van der Waals surface area contributed by atoms with Crippen LogP contribution in [0.1, 0.15) is 32.8 Å². The van der Waals surface area contributed by atoms with Crippen LogP contribution in [0.5, 0.6) is 0 Å². The van der Waals surface area contributed by atoms with Crippen LogP contribution in [0.25, 0.3) is 0 Å². The van der Waals surface area contributed by atoms with Crippen molar-refractivity contribution >= 4 is 29.1 Å². The smallest absolute Gasteiger partial charge is 0.313 e. The third-order valence-electron chi connectivity index (χ3n) is 3.93. The molecule has 122 valence electrons. The van der Waals surface area contributed by atoms with Crippen molar-refractivity contribution < 1.29 is 14.7 Å². The zero-order valence-corrected chi connectivity index (χ0v) is 14.1. The van der Waals surface area contributed by atoms with Crippen LogP contribution < -0.4 is 10.6 Å². The number of halogens is 1. The lowest BCUT2D eigenvalue weighted by Gasteiger charge is -2.29. The number of amides is 2.